The summed E-state index contributed by atoms with van der Waals surface area (Å²) in [5.41, 5.74) is 0.567. The Kier molecular flexibility index (Phi) is 8.44. The van der Waals surface area contributed by atoms with Gasteiger partial charge in [0.25, 0.3) is 0 Å². The molecule has 1 unspecified atom stereocenters. The fourth-order valence-electron chi connectivity index (χ4n) is 2.87. The summed E-state index contributed by atoms with van der Waals surface area (Å²) in [4.78, 5) is 12.4. The molecule has 3 aromatic rings. The molecule has 0 fully saturated rings. The van der Waals surface area contributed by atoms with Gasteiger partial charge in [0.05, 0.1) is 22.9 Å². The molecule has 1 atom stereocenters. The largest absolute Gasteiger partial charge is 0.493 e. The summed E-state index contributed by atoms with van der Waals surface area (Å²) in [7, 11) is 1.59. The summed E-state index contributed by atoms with van der Waals surface area (Å²) in [6.45, 7) is 6.15. The standard InChI is InChI=1S/C22H22Cl2N4O3S/c1-4-11-28-21(14(2)31-19-8-6-5-7-18(19)30-3)26-27-22(28)32-13-20(29)25-15-9-10-16(23)17(24)12-15/h4-10,12,14H,1,11,13H2,2-3H3,(H,25,29). The maximum absolute atomic E-state index is 12.4. The first-order valence-electron chi connectivity index (χ1n) is 9.64. The lowest BCUT2D eigenvalue weighted by molar-refractivity contribution is -0.113. The highest BCUT2D eigenvalue weighted by atomic mass is 35.5. The van der Waals surface area contributed by atoms with Crippen LogP contribution in [0.1, 0.15) is 18.9 Å². The Hall–Kier alpha value is -2.68. The van der Waals surface area contributed by atoms with Crippen LogP contribution in [0.2, 0.25) is 10.0 Å². The number of hydrogen-bond donors (Lipinski definition) is 1. The van der Waals surface area contributed by atoms with Crippen molar-refractivity contribution in [2.75, 3.05) is 18.2 Å². The topological polar surface area (TPSA) is 78.3 Å². The first kappa shape index (κ1) is 24.0. The van der Waals surface area contributed by atoms with Gasteiger partial charge < -0.3 is 14.8 Å². The number of hydrogen-bond acceptors (Lipinski definition) is 6. The molecule has 0 aliphatic carbocycles. The molecule has 1 aromatic heterocycles. The highest BCUT2D eigenvalue weighted by Gasteiger charge is 2.21. The van der Waals surface area contributed by atoms with Gasteiger partial charge in [-0.3, -0.25) is 9.36 Å². The fourth-order valence-corrected chi connectivity index (χ4v) is 3.92. The van der Waals surface area contributed by atoms with Crippen molar-refractivity contribution < 1.29 is 14.3 Å². The minimum atomic E-state index is -0.405. The maximum atomic E-state index is 12.4. The van der Waals surface area contributed by atoms with E-state index in [1.165, 1.54) is 11.8 Å². The minimum Gasteiger partial charge on any atom is -0.493 e. The Bertz CT molecular complexity index is 1110. The molecule has 1 amide bonds. The van der Waals surface area contributed by atoms with E-state index in [2.05, 4.69) is 22.1 Å². The normalized spacial score (nSPS) is 11.6. The number of rotatable bonds is 10. The summed E-state index contributed by atoms with van der Waals surface area (Å²) in [5.74, 6) is 1.77. The quantitative estimate of drug-likeness (QED) is 0.291. The summed E-state index contributed by atoms with van der Waals surface area (Å²) >= 11 is 13.2. The van der Waals surface area contributed by atoms with E-state index in [0.29, 0.717) is 44.8 Å². The number of nitrogens with zero attached hydrogens (tertiary/aromatic N) is 3. The molecule has 3 rings (SSSR count). The van der Waals surface area contributed by atoms with Crippen molar-refractivity contribution in [2.45, 2.75) is 24.7 Å². The summed E-state index contributed by atoms with van der Waals surface area (Å²) in [6.07, 6.45) is 1.33. The van der Waals surface area contributed by atoms with Crippen LogP contribution >= 0.6 is 35.0 Å². The van der Waals surface area contributed by atoms with Crippen LogP contribution in [0.5, 0.6) is 11.5 Å². The number of ether oxygens (including phenoxy) is 2. The number of nitrogens with one attached hydrogen (secondary N) is 1. The summed E-state index contributed by atoms with van der Waals surface area (Å²) in [5, 5.41) is 12.7. The number of anilines is 1. The zero-order chi connectivity index (χ0) is 23.1. The van der Waals surface area contributed by atoms with Crippen LogP contribution in [0.25, 0.3) is 0 Å². The summed E-state index contributed by atoms with van der Waals surface area (Å²) in [6, 6.07) is 12.3. The highest BCUT2D eigenvalue weighted by molar-refractivity contribution is 7.99. The third-order valence-corrected chi connectivity index (χ3v) is 6.04. The first-order chi connectivity index (χ1) is 15.4. The zero-order valence-corrected chi connectivity index (χ0v) is 19.9. The molecule has 10 heteroatoms. The fraction of sp³-hybridized carbons (Fsp3) is 0.227. The molecular weight excluding hydrogens is 471 g/mol. The number of halogens is 2. The van der Waals surface area contributed by atoms with Gasteiger partial charge in [-0.25, -0.2) is 0 Å². The SMILES string of the molecule is C=CCn1c(SCC(=O)Nc2ccc(Cl)c(Cl)c2)nnc1C(C)Oc1ccccc1OC. The van der Waals surface area contributed by atoms with Crippen LogP contribution in [-0.2, 0) is 11.3 Å². The van der Waals surface area contributed by atoms with Crippen molar-refractivity contribution in [3.63, 3.8) is 0 Å². The number of benzene rings is 2. The van der Waals surface area contributed by atoms with Gasteiger partial charge in [-0.15, -0.1) is 16.8 Å². The second kappa shape index (κ2) is 11.3. The zero-order valence-electron chi connectivity index (χ0n) is 17.5. The predicted molar refractivity (Wildman–Crippen MR) is 128 cm³/mol. The van der Waals surface area contributed by atoms with Crippen LogP contribution in [0.3, 0.4) is 0 Å². The van der Waals surface area contributed by atoms with E-state index in [4.69, 9.17) is 32.7 Å². The van der Waals surface area contributed by atoms with E-state index >= 15 is 0 Å². The van der Waals surface area contributed by atoms with E-state index < -0.39 is 6.10 Å². The predicted octanol–water partition coefficient (Wildman–Crippen LogP) is 5.65. The molecule has 32 heavy (non-hydrogen) atoms. The lowest BCUT2D eigenvalue weighted by atomic mass is 10.3. The van der Waals surface area contributed by atoms with Gasteiger partial charge in [-0.1, -0.05) is 53.2 Å². The number of thioether (sulfide) groups is 1. The van der Waals surface area contributed by atoms with Gasteiger partial charge >= 0.3 is 0 Å². The Balaban J connectivity index is 1.69. The van der Waals surface area contributed by atoms with Crippen LogP contribution in [0, 0.1) is 0 Å². The molecule has 7 nitrogen and oxygen atoms in total. The molecule has 2 aromatic carbocycles. The molecule has 0 radical (unpaired) electrons. The number of carbonyl (C=O) groups excluding carboxylic acids is 1. The molecule has 1 N–H and O–H groups in total. The second-order valence-corrected chi connectivity index (χ2v) is 8.37. The van der Waals surface area contributed by atoms with Crippen molar-refractivity contribution in [3.8, 4) is 11.5 Å². The van der Waals surface area contributed by atoms with E-state index in [9.17, 15) is 4.79 Å². The number of amides is 1. The Labute approximate surface area is 200 Å². The Morgan fingerprint density at radius 3 is 2.66 bits per heavy atom. The third-order valence-electron chi connectivity index (χ3n) is 4.33. The smallest absolute Gasteiger partial charge is 0.234 e. The number of para-hydroxylation sites is 2. The highest BCUT2D eigenvalue weighted by Crippen LogP contribution is 2.31. The van der Waals surface area contributed by atoms with Crippen molar-refractivity contribution in [1.29, 1.82) is 0 Å². The van der Waals surface area contributed by atoms with Crippen LogP contribution < -0.4 is 14.8 Å². The van der Waals surface area contributed by atoms with Gasteiger partial charge in [-0.2, -0.15) is 0 Å². The monoisotopic (exact) mass is 492 g/mol. The van der Waals surface area contributed by atoms with Crippen LogP contribution in [0.4, 0.5) is 5.69 Å². The lowest BCUT2D eigenvalue weighted by Crippen LogP contribution is -2.15. The maximum Gasteiger partial charge on any atom is 0.234 e. The van der Waals surface area contributed by atoms with Crippen LogP contribution in [-0.4, -0.2) is 33.5 Å². The molecular formula is C22H22Cl2N4O3S. The molecule has 0 spiro atoms. The molecule has 0 aliphatic rings. The third kappa shape index (κ3) is 5.97. The van der Waals surface area contributed by atoms with Gasteiger partial charge in [0.1, 0.15) is 0 Å². The first-order valence-corrected chi connectivity index (χ1v) is 11.4. The number of methoxy groups -OCH3 is 1. The molecule has 0 bridgehead atoms. The van der Waals surface area contributed by atoms with E-state index in [1.807, 2.05) is 35.8 Å². The van der Waals surface area contributed by atoms with Gasteiger partial charge in [0.2, 0.25) is 5.91 Å². The van der Waals surface area contributed by atoms with E-state index in [0.717, 1.165) is 0 Å². The van der Waals surface area contributed by atoms with Gasteiger partial charge in [-0.05, 0) is 37.3 Å². The molecule has 168 valence electrons. The summed E-state index contributed by atoms with van der Waals surface area (Å²) < 4.78 is 13.3. The Morgan fingerprint density at radius 2 is 1.97 bits per heavy atom. The molecule has 0 saturated carbocycles. The van der Waals surface area contributed by atoms with Crippen molar-refractivity contribution in [1.82, 2.24) is 14.8 Å². The molecule has 1 heterocycles. The average Bonchev–Trinajstić information content (AvgIpc) is 3.18. The van der Waals surface area contributed by atoms with Gasteiger partial charge in [0.15, 0.2) is 28.6 Å². The van der Waals surface area contributed by atoms with Crippen molar-refractivity contribution >= 4 is 46.6 Å². The molecule has 0 saturated heterocycles. The van der Waals surface area contributed by atoms with Crippen molar-refractivity contribution in [3.05, 3.63) is 71.0 Å². The minimum absolute atomic E-state index is 0.136. The van der Waals surface area contributed by atoms with Crippen molar-refractivity contribution in [2.24, 2.45) is 0 Å². The lowest BCUT2D eigenvalue weighted by Gasteiger charge is -2.17. The number of carbonyl (C=O) groups is 1. The van der Waals surface area contributed by atoms with E-state index in [-0.39, 0.29) is 11.7 Å². The average molecular weight is 493 g/mol. The van der Waals surface area contributed by atoms with Crippen LogP contribution in [0.15, 0.2) is 60.3 Å². The number of allylic oxidation sites excluding steroid dienone is 1. The number of aromatic nitrogens is 3. The Morgan fingerprint density at radius 1 is 1.22 bits per heavy atom. The molecule has 0 aliphatic heterocycles. The van der Waals surface area contributed by atoms with Gasteiger partial charge in [0, 0.05) is 12.2 Å². The van der Waals surface area contributed by atoms with E-state index in [1.54, 1.807) is 31.4 Å². The second-order valence-electron chi connectivity index (χ2n) is 6.62.